The molecule has 7 heteroatoms. The van der Waals surface area contributed by atoms with Crippen LogP contribution < -0.4 is 9.41 Å². The highest BCUT2D eigenvalue weighted by molar-refractivity contribution is 7.66. The largest absolute Gasteiger partial charge is 0.457 e. The molecule has 0 radical (unpaired) electrons. The monoisotopic (exact) mass is 345 g/mol. The fourth-order valence-corrected chi connectivity index (χ4v) is 3.68. The number of nitrogens with zero attached hydrogens (tertiary/aromatic N) is 3. The van der Waals surface area contributed by atoms with Crippen molar-refractivity contribution in [3.8, 4) is 17.6 Å². The van der Waals surface area contributed by atoms with Gasteiger partial charge in [0, 0.05) is 16.6 Å². The minimum atomic E-state index is 0.411. The number of hydrogen-bond acceptors (Lipinski definition) is 6. The van der Waals surface area contributed by atoms with Crippen molar-refractivity contribution in [2.75, 3.05) is 0 Å². The highest BCUT2D eigenvalue weighted by Crippen LogP contribution is 2.25. The third-order valence-corrected chi connectivity index (χ3v) is 4.85. The first-order chi connectivity index (χ1) is 10.7. The first kappa shape index (κ1) is 14.7. The fraction of sp³-hybridized carbons (Fsp3) is 0. The van der Waals surface area contributed by atoms with Gasteiger partial charge in [-0.2, -0.15) is 9.64 Å². The van der Waals surface area contributed by atoms with Gasteiger partial charge in [-0.15, -0.1) is 0 Å². The Morgan fingerprint density at radius 2 is 1.95 bits per heavy atom. The van der Waals surface area contributed by atoms with Crippen LogP contribution in [0.4, 0.5) is 5.69 Å². The Balaban J connectivity index is 1.85. The van der Waals surface area contributed by atoms with Crippen LogP contribution in [0.25, 0.3) is 0 Å². The smallest absolute Gasteiger partial charge is 0.179 e. The van der Waals surface area contributed by atoms with E-state index in [0.29, 0.717) is 26.9 Å². The van der Waals surface area contributed by atoms with Crippen molar-refractivity contribution in [1.82, 2.24) is 4.37 Å². The van der Waals surface area contributed by atoms with Gasteiger partial charge in [0.05, 0.1) is 17.3 Å². The second-order valence-electron chi connectivity index (χ2n) is 4.19. The number of nitriles is 1. The molecule has 108 valence electrons. The minimum Gasteiger partial charge on any atom is -0.457 e. The standard InChI is InChI=1S/C15H8ClN3OS2/c16-14-15(21-22-19-14)18-11-2-1-3-13(8-11)20-12-6-4-10(9-17)5-7-12/h1-8H. The lowest BCUT2D eigenvalue weighted by Crippen LogP contribution is -1.92. The van der Waals surface area contributed by atoms with Crippen LogP contribution in [0.1, 0.15) is 5.56 Å². The first-order valence-corrected chi connectivity index (χ1v) is 8.67. The number of rotatable bonds is 3. The Kier molecular flexibility index (Phi) is 4.49. The topological polar surface area (TPSA) is 58.3 Å². The Labute approximate surface area is 139 Å². The van der Waals surface area contributed by atoms with E-state index in [1.165, 1.54) is 20.9 Å². The molecule has 1 heterocycles. The fourth-order valence-electron chi connectivity index (χ4n) is 1.69. The van der Waals surface area contributed by atoms with Crippen LogP contribution >= 0.6 is 32.5 Å². The van der Waals surface area contributed by atoms with Crippen LogP contribution in [0, 0.1) is 11.3 Å². The van der Waals surface area contributed by atoms with Gasteiger partial charge in [0.2, 0.25) is 0 Å². The number of halogens is 1. The van der Waals surface area contributed by atoms with Crippen molar-refractivity contribution in [2.45, 2.75) is 0 Å². The van der Waals surface area contributed by atoms with Gasteiger partial charge in [-0.1, -0.05) is 17.7 Å². The molecule has 3 aromatic rings. The number of aromatic nitrogens is 1. The minimum absolute atomic E-state index is 0.411. The molecule has 0 atom stereocenters. The zero-order valence-electron chi connectivity index (χ0n) is 11.1. The summed E-state index contributed by atoms with van der Waals surface area (Å²) in [6.07, 6.45) is 0. The van der Waals surface area contributed by atoms with Gasteiger partial charge >= 0.3 is 0 Å². The molecule has 1 aromatic heterocycles. The SMILES string of the molecule is N#Cc1ccc(Oc2cccc(N=c3ssnc3Cl)c2)cc1. The molecule has 0 aliphatic rings. The van der Waals surface area contributed by atoms with E-state index in [2.05, 4.69) is 15.4 Å². The van der Waals surface area contributed by atoms with E-state index < -0.39 is 0 Å². The average molecular weight is 346 g/mol. The Bertz CT molecular complexity index is 894. The van der Waals surface area contributed by atoms with Crippen LogP contribution in [0.3, 0.4) is 0 Å². The van der Waals surface area contributed by atoms with E-state index in [-0.39, 0.29) is 0 Å². The summed E-state index contributed by atoms with van der Waals surface area (Å²) in [7, 11) is 2.72. The quantitative estimate of drug-likeness (QED) is 0.643. The molecule has 0 saturated carbocycles. The van der Waals surface area contributed by atoms with Crippen molar-refractivity contribution in [1.29, 1.82) is 5.26 Å². The molecule has 0 aliphatic heterocycles. The summed E-state index contributed by atoms with van der Waals surface area (Å²) in [4.78, 5) is 4.44. The second-order valence-corrected chi connectivity index (χ2v) is 6.38. The van der Waals surface area contributed by atoms with Gasteiger partial charge < -0.3 is 4.74 Å². The molecular formula is C15H8ClN3OS2. The molecule has 0 spiro atoms. The zero-order chi connectivity index (χ0) is 15.4. The van der Waals surface area contributed by atoms with E-state index in [9.17, 15) is 0 Å². The Hall–Kier alpha value is -2.20. The normalized spacial score (nSPS) is 11.2. The number of benzene rings is 2. The van der Waals surface area contributed by atoms with E-state index in [1.54, 1.807) is 24.3 Å². The maximum absolute atomic E-state index is 8.78. The van der Waals surface area contributed by atoms with E-state index in [4.69, 9.17) is 21.6 Å². The predicted molar refractivity (Wildman–Crippen MR) is 87.9 cm³/mol. The van der Waals surface area contributed by atoms with Crippen LogP contribution in [0.15, 0.2) is 53.5 Å². The summed E-state index contributed by atoms with van der Waals surface area (Å²) < 4.78 is 10.4. The van der Waals surface area contributed by atoms with Gasteiger partial charge in [0.25, 0.3) is 0 Å². The highest BCUT2D eigenvalue weighted by Gasteiger charge is 2.01. The van der Waals surface area contributed by atoms with Crippen LogP contribution in [-0.4, -0.2) is 4.37 Å². The Morgan fingerprint density at radius 3 is 2.64 bits per heavy atom. The molecule has 0 aliphatic carbocycles. The van der Waals surface area contributed by atoms with E-state index in [0.717, 1.165) is 5.69 Å². The van der Waals surface area contributed by atoms with Gasteiger partial charge in [0.1, 0.15) is 11.5 Å². The molecule has 0 bridgehead atoms. The average Bonchev–Trinajstić information content (AvgIpc) is 2.94. The molecular weight excluding hydrogens is 338 g/mol. The summed E-state index contributed by atoms with van der Waals surface area (Å²) in [6, 6.07) is 16.4. The van der Waals surface area contributed by atoms with Gasteiger partial charge in [-0.3, -0.25) is 0 Å². The van der Waals surface area contributed by atoms with Crippen LogP contribution in [0.2, 0.25) is 5.15 Å². The highest BCUT2D eigenvalue weighted by atomic mass is 35.5. The summed E-state index contributed by atoms with van der Waals surface area (Å²) in [5, 5.41) is 9.19. The molecule has 4 nitrogen and oxygen atoms in total. The first-order valence-electron chi connectivity index (χ1n) is 6.19. The molecule has 0 fully saturated rings. The summed E-state index contributed by atoms with van der Waals surface area (Å²) in [6.45, 7) is 0. The Morgan fingerprint density at radius 1 is 1.14 bits per heavy atom. The molecule has 22 heavy (non-hydrogen) atoms. The molecule has 0 saturated heterocycles. The van der Waals surface area contributed by atoms with Crippen molar-refractivity contribution in [2.24, 2.45) is 4.99 Å². The lowest BCUT2D eigenvalue weighted by Gasteiger charge is -2.05. The molecule has 0 amide bonds. The third-order valence-electron chi connectivity index (χ3n) is 2.68. The zero-order valence-corrected chi connectivity index (χ0v) is 13.5. The summed E-state index contributed by atoms with van der Waals surface area (Å²) in [5.74, 6) is 1.32. The predicted octanol–water partition coefficient (Wildman–Crippen LogP) is 4.75. The van der Waals surface area contributed by atoms with Crippen molar-refractivity contribution >= 4 is 38.2 Å². The lowest BCUT2D eigenvalue weighted by atomic mass is 10.2. The number of hydrogen-bond donors (Lipinski definition) is 0. The maximum Gasteiger partial charge on any atom is 0.179 e. The third kappa shape index (κ3) is 3.52. The van der Waals surface area contributed by atoms with Gasteiger partial charge in [0.15, 0.2) is 9.82 Å². The van der Waals surface area contributed by atoms with Crippen LogP contribution in [-0.2, 0) is 0 Å². The van der Waals surface area contributed by atoms with E-state index >= 15 is 0 Å². The molecule has 0 unspecified atom stereocenters. The second kappa shape index (κ2) is 6.71. The van der Waals surface area contributed by atoms with Gasteiger partial charge in [-0.05, 0) is 46.7 Å². The van der Waals surface area contributed by atoms with Crippen LogP contribution in [0.5, 0.6) is 11.5 Å². The van der Waals surface area contributed by atoms with E-state index in [1.807, 2.05) is 24.3 Å². The number of ether oxygens (including phenoxy) is 1. The molecule has 0 N–H and O–H groups in total. The summed E-state index contributed by atoms with van der Waals surface area (Å²) in [5.41, 5.74) is 1.33. The molecule has 3 rings (SSSR count). The molecule has 2 aromatic carbocycles. The van der Waals surface area contributed by atoms with Crippen molar-refractivity contribution < 1.29 is 4.74 Å². The summed E-state index contributed by atoms with van der Waals surface area (Å²) >= 11 is 5.95. The van der Waals surface area contributed by atoms with Crippen molar-refractivity contribution in [3.05, 3.63) is 63.9 Å². The van der Waals surface area contributed by atoms with Gasteiger partial charge in [-0.25, -0.2) is 4.99 Å². The van der Waals surface area contributed by atoms with Crippen molar-refractivity contribution in [3.63, 3.8) is 0 Å². The maximum atomic E-state index is 8.78. The lowest BCUT2D eigenvalue weighted by molar-refractivity contribution is 0.483.